The van der Waals surface area contributed by atoms with E-state index < -0.39 is 22.4 Å². The molecule has 5 nitrogen and oxygen atoms in total. The fourth-order valence-corrected chi connectivity index (χ4v) is 4.91. The molecule has 0 aromatic heterocycles. The van der Waals surface area contributed by atoms with Crippen LogP contribution in [-0.4, -0.2) is 45.1 Å². The zero-order valence-corrected chi connectivity index (χ0v) is 16.3. The van der Waals surface area contributed by atoms with Gasteiger partial charge in [-0.2, -0.15) is 5.26 Å². The lowest BCUT2D eigenvalue weighted by Gasteiger charge is -2.48. The van der Waals surface area contributed by atoms with E-state index in [1.807, 2.05) is 13.8 Å². The molecule has 0 N–H and O–H groups in total. The van der Waals surface area contributed by atoms with E-state index >= 15 is 0 Å². The maximum absolute atomic E-state index is 13.1. The van der Waals surface area contributed by atoms with E-state index in [0.717, 1.165) is 37.0 Å². The number of piperidine rings is 1. The molecule has 3 atom stereocenters. The Morgan fingerprint density at radius 3 is 2.54 bits per heavy atom. The molecule has 3 unspecified atom stereocenters. The summed E-state index contributed by atoms with van der Waals surface area (Å²) >= 11 is 0. The van der Waals surface area contributed by atoms with E-state index in [1.165, 1.54) is 0 Å². The number of likely N-dealkylation sites (tertiary alicyclic amines) is 1. The second-order valence-electron chi connectivity index (χ2n) is 7.37. The summed E-state index contributed by atoms with van der Waals surface area (Å²) in [6.45, 7) is 5.05. The van der Waals surface area contributed by atoms with Crippen LogP contribution in [0, 0.1) is 11.3 Å². The van der Waals surface area contributed by atoms with Gasteiger partial charge in [0.05, 0.1) is 16.9 Å². The molecule has 140 valence electrons. The topological polar surface area (TPSA) is 70.4 Å². The van der Waals surface area contributed by atoms with Gasteiger partial charge in [0, 0.05) is 28.9 Å². The van der Waals surface area contributed by atoms with E-state index in [-0.39, 0.29) is 11.2 Å². The molecule has 3 rings (SSSR count). The van der Waals surface area contributed by atoms with E-state index in [1.54, 1.807) is 29.2 Å². The zero-order chi connectivity index (χ0) is 18.7. The zero-order valence-electron chi connectivity index (χ0n) is 15.4. The van der Waals surface area contributed by atoms with Gasteiger partial charge in [-0.3, -0.25) is 9.00 Å². The molecule has 2 aliphatic rings. The Kier molecular flexibility index (Phi) is 5.79. The SMILES string of the molecule is CC(C)S(=O)c1ccc(C(=O)N2CCCC3(CCCCO3)C2C#N)cc1. The second kappa shape index (κ2) is 7.89. The number of nitrogens with zero attached hydrogens (tertiary/aromatic N) is 2. The van der Waals surface area contributed by atoms with E-state index in [4.69, 9.17) is 4.74 Å². The first-order valence-electron chi connectivity index (χ1n) is 9.34. The highest BCUT2D eigenvalue weighted by molar-refractivity contribution is 7.85. The van der Waals surface area contributed by atoms with Crippen molar-refractivity contribution in [3.8, 4) is 6.07 Å². The number of amides is 1. The van der Waals surface area contributed by atoms with Crippen molar-refractivity contribution in [2.24, 2.45) is 0 Å². The van der Waals surface area contributed by atoms with Gasteiger partial charge >= 0.3 is 0 Å². The minimum Gasteiger partial charge on any atom is -0.372 e. The first kappa shape index (κ1) is 19.1. The number of carbonyl (C=O) groups excluding carboxylic acids is 1. The van der Waals surface area contributed by atoms with Gasteiger partial charge in [0.25, 0.3) is 5.91 Å². The molecule has 1 amide bonds. The third-order valence-electron chi connectivity index (χ3n) is 5.34. The van der Waals surface area contributed by atoms with Crippen molar-refractivity contribution in [2.45, 2.75) is 67.7 Å². The van der Waals surface area contributed by atoms with Crippen LogP contribution >= 0.6 is 0 Å². The van der Waals surface area contributed by atoms with Crippen molar-refractivity contribution in [3.63, 3.8) is 0 Å². The molecular formula is C20H26N2O3S. The van der Waals surface area contributed by atoms with Gasteiger partial charge in [0.15, 0.2) is 0 Å². The van der Waals surface area contributed by atoms with Crippen LogP contribution < -0.4 is 0 Å². The van der Waals surface area contributed by atoms with Crippen LogP contribution in [0.2, 0.25) is 0 Å². The van der Waals surface area contributed by atoms with Gasteiger partial charge < -0.3 is 9.64 Å². The van der Waals surface area contributed by atoms with Crippen LogP contribution in [0.3, 0.4) is 0 Å². The first-order chi connectivity index (χ1) is 12.5. The molecule has 6 heteroatoms. The average Bonchev–Trinajstić information content (AvgIpc) is 2.67. The summed E-state index contributed by atoms with van der Waals surface area (Å²) in [6.07, 6.45) is 4.57. The largest absolute Gasteiger partial charge is 0.372 e. The summed E-state index contributed by atoms with van der Waals surface area (Å²) in [6, 6.07) is 8.73. The molecule has 1 aromatic rings. The summed E-state index contributed by atoms with van der Waals surface area (Å²) in [5.41, 5.74) is 0.0163. The van der Waals surface area contributed by atoms with Gasteiger partial charge in [0.1, 0.15) is 11.6 Å². The van der Waals surface area contributed by atoms with Crippen LogP contribution in [-0.2, 0) is 15.5 Å². The molecule has 2 aliphatic heterocycles. The van der Waals surface area contributed by atoms with Crippen molar-refractivity contribution in [1.29, 1.82) is 5.26 Å². The number of rotatable bonds is 3. The van der Waals surface area contributed by atoms with E-state index in [0.29, 0.717) is 18.7 Å². The molecule has 0 aliphatic carbocycles. The summed E-state index contributed by atoms with van der Waals surface area (Å²) in [7, 11) is -1.08. The predicted molar refractivity (Wildman–Crippen MR) is 100 cm³/mol. The third kappa shape index (κ3) is 3.56. The molecule has 1 spiro atoms. The molecular weight excluding hydrogens is 348 g/mol. The Bertz CT molecular complexity index is 712. The maximum Gasteiger partial charge on any atom is 0.255 e. The van der Waals surface area contributed by atoms with Crippen LogP contribution in [0.5, 0.6) is 0 Å². The van der Waals surface area contributed by atoms with Gasteiger partial charge in [-0.15, -0.1) is 0 Å². The molecule has 2 fully saturated rings. The monoisotopic (exact) mass is 374 g/mol. The number of nitriles is 1. The van der Waals surface area contributed by atoms with E-state index in [9.17, 15) is 14.3 Å². The van der Waals surface area contributed by atoms with Crippen LogP contribution in [0.1, 0.15) is 56.3 Å². The number of hydrogen-bond donors (Lipinski definition) is 0. The molecule has 1 aromatic carbocycles. The van der Waals surface area contributed by atoms with Crippen molar-refractivity contribution in [3.05, 3.63) is 29.8 Å². The summed E-state index contributed by atoms with van der Waals surface area (Å²) in [5.74, 6) is -0.147. The molecule has 0 radical (unpaired) electrons. The number of benzene rings is 1. The van der Waals surface area contributed by atoms with E-state index in [2.05, 4.69) is 6.07 Å². The molecule has 26 heavy (non-hydrogen) atoms. The fourth-order valence-electron chi connectivity index (χ4n) is 3.96. The van der Waals surface area contributed by atoms with Crippen molar-refractivity contribution in [1.82, 2.24) is 4.90 Å². The van der Waals surface area contributed by atoms with Crippen LogP contribution in [0.15, 0.2) is 29.2 Å². The van der Waals surface area contributed by atoms with Crippen LogP contribution in [0.25, 0.3) is 0 Å². The lowest BCUT2D eigenvalue weighted by Crippen LogP contribution is -2.60. The average molecular weight is 375 g/mol. The Morgan fingerprint density at radius 2 is 1.96 bits per heavy atom. The molecule has 2 saturated heterocycles. The Balaban J connectivity index is 1.82. The van der Waals surface area contributed by atoms with Gasteiger partial charge in [-0.25, -0.2) is 0 Å². The Hall–Kier alpha value is -1.71. The summed E-state index contributed by atoms with van der Waals surface area (Å²) in [5, 5.41) is 9.82. The Morgan fingerprint density at radius 1 is 1.27 bits per heavy atom. The molecule has 2 heterocycles. The minimum absolute atomic E-state index is 0.0323. The van der Waals surface area contributed by atoms with Gasteiger partial charge in [-0.1, -0.05) is 13.8 Å². The predicted octanol–water partition coefficient (Wildman–Crippen LogP) is 3.27. The quantitative estimate of drug-likeness (QED) is 0.814. The summed E-state index contributed by atoms with van der Waals surface area (Å²) < 4.78 is 18.2. The van der Waals surface area contributed by atoms with Gasteiger partial charge in [-0.05, 0) is 56.4 Å². The van der Waals surface area contributed by atoms with Crippen molar-refractivity contribution < 1.29 is 13.7 Å². The summed E-state index contributed by atoms with van der Waals surface area (Å²) in [4.78, 5) is 15.4. The number of carbonyl (C=O) groups is 1. The lowest BCUT2D eigenvalue weighted by atomic mass is 9.79. The smallest absolute Gasteiger partial charge is 0.255 e. The normalized spacial score (nSPS) is 27.3. The number of hydrogen-bond acceptors (Lipinski definition) is 4. The standard InChI is InChI=1S/C20H26N2O3S/c1-15(2)26(24)17-8-6-16(7-9-17)19(23)22-12-5-11-20(18(22)14-21)10-3-4-13-25-20/h6-9,15,18H,3-5,10-13H2,1-2H3. The molecule has 0 bridgehead atoms. The Labute approximate surface area is 157 Å². The highest BCUT2D eigenvalue weighted by Gasteiger charge is 2.48. The van der Waals surface area contributed by atoms with Crippen LogP contribution in [0.4, 0.5) is 0 Å². The highest BCUT2D eigenvalue weighted by Crippen LogP contribution is 2.38. The van der Waals surface area contributed by atoms with Crippen molar-refractivity contribution >= 4 is 16.7 Å². The maximum atomic E-state index is 13.1. The third-order valence-corrected chi connectivity index (χ3v) is 6.93. The van der Waals surface area contributed by atoms with Gasteiger partial charge in [0.2, 0.25) is 0 Å². The second-order valence-corrected chi connectivity index (χ2v) is 9.38. The van der Waals surface area contributed by atoms with Crippen molar-refractivity contribution in [2.75, 3.05) is 13.2 Å². The lowest BCUT2D eigenvalue weighted by molar-refractivity contribution is -0.128. The molecule has 0 saturated carbocycles. The first-order valence-corrected chi connectivity index (χ1v) is 10.5. The fraction of sp³-hybridized carbons (Fsp3) is 0.600. The highest BCUT2D eigenvalue weighted by atomic mass is 32.2. The minimum atomic E-state index is -1.08. The number of ether oxygens (including phenoxy) is 1.